The minimum Gasteiger partial charge on any atom is -0.334 e. The Balaban J connectivity index is 1.03. The number of benzene rings is 9. The van der Waals surface area contributed by atoms with Crippen molar-refractivity contribution >= 4 is 132 Å². The molecule has 0 N–H and O–H groups in total. The Bertz CT molecular complexity index is 4070. The highest BCUT2D eigenvalue weighted by atomic mass is 32.1. The van der Waals surface area contributed by atoms with Gasteiger partial charge in [-0.1, -0.05) is 129 Å². The van der Waals surface area contributed by atoms with E-state index < -0.39 is 0 Å². The Morgan fingerprint density at radius 3 is 1.90 bits per heavy atom. The van der Waals surface area contributed by atoms with E-state index in [1.54, 1.807) is 5.56 Å². The maximum Gasteiger partial charge on any atom is 0.252 e. The molecular weight excluding hydrogens is 898 g/mol. The molecule has 3 aliphatic heterocycles. The number of aryl methyl sites for hydroxylation is 3. The number of hydrogen-bond acceptors (Lipinski definition) is 5. The van der Waals surface area contributed by atoms with Crippen molar-refractivity contribution in [1.29, 1.82) is 0 Å². The molecule has 2 unspecified atom stereocenters. The highest BCUT2D eigenvalue weighted by molar-refractivity contribution is 7.26. The second-order valence-electron chi connectivity index (χ2n) is 21.4. The first-order valence-corrected chi connectivity index (χ1v) is 27.1. The van der Waals surface area contributed by atoms with E-state index in [9.17, 15) is 0 Å². The Labute approximate surface area is 424 Å². The zero-order valence-electron chi connectivity index (χ0n) is 40.8. The van der Waals surface area contributed by atoms with Gasteiger partial charge in [0.05, 0.1) is 15.9 Å². The van der Waals surface area contributed by atoms with Crippen molar-refractivity contribution in [3.63, 3.8) is 0 Å². The average Bonchev–Trinajstić information content (AvgIpc) is 4.02. The molecule has 0 bridgehead atoms. The predicted octanol–water partition coefficient (Wildman–Crippen LogP) is 16.8. The lowest BCUT2D eigenvalue weighted by Gasteiger charge is -2.51. The lowest BCUT2D eigenvalue weighted by atomic mass is 9.33. The normalized spacial score (nSPS) is 18.8. The van der Waals surface area contributed by atoms with Crippen LogP contribution in [-0.2, 0) is 5.41 Å². The van der Waals surface area contributed by atoms with Crippen molar-refractivity contribution in [2.75, 3.05) is 14.7 Å². The fourth-order valence-corrected chi connectivity index (χ4v) is 16.5. The Morgan fingerprint density at radius 2 is 1.08 bits per heavy atom. The first-order valence-electron chi connectivity index (χ1n) is 25.5. The average molecular weight is 950 g/mol. The summed E-state index contributed by atoms with van der Waals surface area (Å²) in [4.78, 5) is 8.07. The lowest BCUT2D eigenvalue weighted by molar-refractivity contribution is 0.194. The predicted molar refractivity (Wildman–Crippen MR) is 309 cm³/mol. The molecule has 1 fully saturated rings. The smallest absolute Gasteiger partial charge is 0.252 e. The molecule has 0 spiro atoms. The minimum atomic E-state index is -0.0751. The summed E-state index contributed by atoms with van der Waals surface area (Å²) >= 11 is 3.82. The lowest BCUT2D eigenvalue weighted by Crippen LogP contribution is -2.61. The largest absolute Gasteiger partial charge is 0.334 e. The van der Waals surface area contributed by atoms with Crippen LogP contribution in [0, 0.1) is 20.8 Å². The maximum atomic E-state index is 2.80. The molecule has 0 amide bonds. The van der Waals surface area contributed by atoms with Crippen LogP contribution >= 0.6 is 22.7 Å². The van der Waals surface area contributed by atoms with E-state index in [4.69, 9.17) is 0 Å². The molecule has 2 atom stereocenters. The second kappa shape index (κ2) is 15.0. The van der Waals surface area contributed by atoms with E-state index in [0.717, 1.165) is 6.42 Å². The molecule has 2 aromatic heterocycles. The van der Waals surface area contributed by atoms with Crippen LogP contribution in [-0.4, -0.2) is 12.3 Å². The summed E-state index contributed by atoms with van der Waals surface area (Å²) in [6.07, 6.45) is 4.87. The quantitative estimate of drug-likeness (QED) is 0.163. The summed E-state index contributed by atoms with van der Waals surface area (Å²) in [5, 5.41) is 5.27. The van der Waals surface area contributed by atoms with E-state index in [0.29, 0.717) is 0 Å². The van der Waals surface area contributed by atoms with Gasteiger partial charge in [-0.25, -0.2) is 0 Å². The Hall–Kier alpha value is -7.12. The molecule has 11 aromatic rings. The molecule has 6 heteroatoms. The Kier molecular flexibility index (Phi) is 8.77. The molecule has 4 aliphatic rings. The highest BCUT2D eigenvalue weighted by Crippen LogP contribution is 2.62. The van der Waals surface area contributed by atoms with Crippen molar-refractivity contribution in [2.45, 2.75) is 71.3 Å². The third-order valence-corrected chi connectivity index (χ3v) is 19.7. The highest BCUT2D eigenvalue weighted by Gasteiger charge is 2.58. The fourth-order valence-electron chi connectivity index (χ4n) is 14.1. The van der Waals surface area contributed by atoms with E-state index >= 15 is 0 Å². The first kappa shape index (κ1) is 41.6. The molecule has 5 heterocycles. The summed E-state index contributed by atoms with van der Waals surface area (Å²) < 4.78 is 5.27. The van der Waals surface area contributed by atoms with Crippen LogP contribution in [0.3, 0.4) is 0 Å². The van der Waals surface area contributed by atoms with Gasteiger partial charge in [0.25, 0.3) is 6.71 Å². The van der Waals surface area contributed by atoms with Gasteiger partial charge in [-0.05, 0) is 157 Å². The molecular formula is C65H52BN3S2. The number of thiophene rings is 2. The van der Waals surface area contributed by atoms with Crippen LogP contribution in [0.2, 0.25) is 0 Å². The van der Waals surface area contributed by atoms with Crippen LogP contribution in [0.25, 0.3) is 51.5 Å². The van der Waals surface area contributed by atoms with Gasteiger partial charge >= 0.3 is 0 Å². The molecule has 0 saturated heterocycles. The Morgan fingerprint density at radius 1 is 0.451 bits per heavy atom. The zero-order chi connectivity index (χ0) is 47.5. The van der Waals surface area contributed by atoms with Gasteiger partial charge in [0.2, 0.25) is 0 Å². The van der Waals surface area contributed by atoms with Crippen LogP contribution in [0.1, 0.15) is 61.8 Å². The van der Waals surface area contributed by atoms with Gasteiger partial charge in [-0.2, -0.15) is 0 Å². The van der Waals surface area contributed by atoms with Gasteiger partial charge in [-0.3, -0.25) is 0 Å². The second-order valence-corrected chi connectivity index (χ2v) is 23.5. The molecule has 9 aromatic carbocycles. The molecule has 15 rings (SSSR count). The van der Waals surface area contributed by atoms with Gasteiger partial charge in [0, 0.05) is 80.9 Å². The van der Waals surface area contributed by atoms with Crippen LogP contribution in [0.4, 0.5) is 45.5 Å². The first-order chi connectivity index (χ1) is 34.7. The third-order valence-electron chi connectivity index (χ3n) is 17.3. The van der Waals surface area contributed by atoms with Gasteiger partial charge in [-0.15, -0.1) is 22.7 Å². The van der Waals surface area contributed by atoms with Crippen LogP contribution in [0.15, 0.2) is 176 Å². The van der Waals surface area contributed by atoms with Crippen molar-refractivity contribution < 1.29 is 0 Å². The zero-order valence-corrected chi connectivity index (χ0v) is 42.4. The summed E-state index contributed by atoms with van der Waals surface area (Å²) in [6.45, 7) is 12.1. The molecule has 71 heavy (non-hydrogen) atoms. The van der Waals surface area contributed by atoms with Crippen LogP contribution in [0.5, 0.6) is 0 Å². The van der Waals surface area contributed by atoms with E-state index in [-0.39, 0.29) is 17.7 Å². The van der Waals surface area contributed by atoms with Gasteiger partial charge in [0.1, 0.15) is 0 Å². The number of fused-ring (bicyclic) bond motifs is 13. The van der Waals surface area contributed by atoms with E-state index in [1.165, 1.54) is 149 Å². The number of nitrogens with zero attached hydrogens (tertiary/aromatic N) is 3. The summed E-state index contributed by atoms with van der Waals surface area (Å²) in [5.41, 5.74) is 22.1. The van der Waals surface area contributed by atoms with Crippen molar-refractivity contribution in [3.05, 3.63) is 198 Å². The summed E-state index contributed by atoms with van der Waals surface area (Å²) in [7, 11) is 0. The minimum absolute atomic E-state index is 0.00229. The number of anilines is 8. The molecule has 0 radical (unpaired) electrons. The molecule has 3 nitrogen and oxygen atoms in total. The van der Waals surface area contributed by atoms with Gasteiger partial charge in [0.15, 0.2) is 0 Å². The maximum absolute atomic E-state index is 2.80. The molecule has 1 saturated carbocycles. The van der Waals surface area contributed by atoms with E-state index in [1.807, 2.05) is 22.7 Å². The number of rotatable bonds is 4. The van der Waals surface area contributed by atoms with Crippen molar-refractivity contribution in [2.24, 2.45) is 0 Å². The number of hydrogen-bond donors (Lipinski definition) is 0. The molecule has 1 aliphatic carbocycles. The van der Waals surface area contributed by atoms with Crippen LogP contribution < -0.4 is 31.1 Å². The van der Waals surface area contributed by atoms with E-state index in [2.05, 4.69) is 225 Å². The fraction of sp³-hybridized carbons (Fsp3) is 0.169. The van der Waals surface area contributed by atoms with Gasteiger partial charge < -0.3 is 14.7 Å². The SMILES string of the molecule is Cc1cc2c3c(c1)N(c1cccc4c1sc1ccccc14)c1cc(N4c5cc(C)cc(C)c5C5(C)CCCCC45C)ccc1B3c1ccc(-c3ccccc3)cc1N2c1ccc2c(c1)sc1ccccc12. The third kappa shape index (κ3) is 5.72. The topological polar surface area (TPSA) is 9.72 Å². The van der Waals surface area contributed by atoms with Crippen molar-refractivity contribution in [1.82, 2.24) is 0 Å². The standard InChI is InChI=1S/C65H52BN3S2/c1-39-32-41(3)61-55(33-39)69(65(5)31-14-13-30-64(61,65)4)45-26-29-51-54(37-45)68(52-21-15-20-49-47-19-10-12-23-59(47)71-63(49)52)57-35-40(2)34-56-62(57)66(51)50-28-24-43(42-16-7-6-8-17-42)36-53(50)67(56)44-25-27-48-46-18-9-11-22-58(46)70-60(48)38-44/h6-12,15-29,32-38H,13-14,30-31H2,1-5H3. The molecule has 342 valence electrons. The summed E-state index contributed by atoms with van der Waals surface area (Å²) in [6, 6.07) is 67.7. The monoisotopic (exact) mass is 949 g/mol. The summed E-state index contributed by atoms with van der Waals surface area (Å²) in [5.74, 6) is 0. The van der Waals surface area contributed by atoms with Crippen molar-refractivity contribution in [3.8, 4) is 11.1 Å².